The van der Waals surface area contributed by atoms with Crippen molar-refractivity contribution in [1.82, 2.24) is 13.6 Å². The maximum atomic E-state index is 4.62. The van der Waals surface area contributed by atoms with Crippen molar-refractivity contribution in [2.24, 2.45) is 5.92 Å². The van der Waals surface area contributed by atoms with Gasteiger partial charge in [-0.25, -0.2) is 0 Å². The Labute approximate surface area is 124 Å². The highest BCUT2D eigenvalue weighted by Crippen LogP contribution is 2.42. The highest BCUT2D eigenvalue weighted by molar-refractivity contribution is 7.99. The van der Waals surface area contributed by atoms with Gasteiger partial charge >= 0.3 is 0 Å². The molecule has 2 fully saturated rings. The van der Waals surface area contributed by atoms with Crippen LogP contribution >= 0.6 is 23.5 Å². The second-order valence-corrected chi connectivity index (χ2v) is 7.39. The summed E-state index contributed by atoms with van der Waals surface area (Å²) in [7, 11) is 0. The molecule has 0 spiro atoms. The lowest BCUT2D eigenvalue weighted by Crippen LogP contribution is -2.22. The molecule has 0 radical (unpaired) electrons. The summed E-state index contributed by atoms with van der Waals surface area (Å²) >= 11 is 3.35. The van der Waals surface area contributed by atoms with Crippen molar-refractivity contribution in [2.75, 3.05) is 25.4 Å². The van der Waals surface area contributed by atoms with E-state index in [2.05, 4.69) is 20.6 Å². The Hall–Kier alpha value is -0.130. The Bertz CT molecular complexity index is 407. The van der Waals surface area contributed by atoms with Crippen LogP contribution in [-0.2, 0) is 0 Å². The topological polar surface area (TPSA) is 29.0 Å². The van der Waals surface area contributed by atoms with Crippen LogP contribution in [0.5, 0.6) is 0 Å². The smallest absolute Gasteiger partial charge is 0.134 e. The number of rotatable bonds is 7. The van der Waals surface area contributed by atoms with E-state index in [1.54, 1.807) is 0 Å². The molecule has 0 aliphatic carbocycles. The third-order valence-corrected chi connectivity index (χ3v) is 6.13. The third kappa shape index (κ3) is 3.14. The van der Waals surface area contributed by atoms with E-state index in [1.165, 1.54) is 79.9 Å². The Morgan fingerprint density at radius 1 is 1.26 bits per heavy atom. The molecule has 5 heteroatoms. The maximum Gasteiger partial charge on any atom is 0.134 e. The Morgan fingerprint density at radius 3 is 2.95 bits per heavy atom. The molecule has 1 aromatic rings. The van der Waals surface area contributed by atoms with Crippen molar-refractivity contribution >= 4 is 23.5 Å². The van der Waals surface area contributed by atoms with Gasteiger partial charge in [-0.2, -0.15) is 8.75 Å². The predicted molar refractivity (Wildman–Crippen MR) is 82.1 cm³/mol. The summed E-state index contributed by atoms with van der Waals surface area (Å²) in [6, 6.07) is 0. The molecule has 1 aromatic heterocycles. The number of hydrogen-bond acceptors (Lipinski definition) is 5. The Kier molecular flexibility index (Phi) is 4.77. The van der Waals surface area contributed by atoms with Gasteiger partial charge in [-0.05, 0) is 31.1 Å². The van der Waals surface area contributed by atoms with Crippen LogP contribution in [-0.4, -0.2) is 39.0 Å². The van der Waals surface area contributed by atoms with E-state index in [-0.39, 0.29) is 0 Å². The van der Waals surface area contributed by atoms with Crippen molar-refractivity contribution in [2.45, 2.75) is 50.0 Å². The summed E-state index contributed by atoms with van der Waals surface area (Å²) < 4.78 is 9.15. The Balaban J connectivity index is 1.54. The Morgan fingerprint density at radius 2 is 2.21 bits per heavy atom. The first-order chi connectivity index (χ1) is 9.38. The molecule has 19 heavy (non-hydrogen) atoms. The van der Waals surface area contributed by atoms with Crippen LogP contribution in [0.2, 0.25) is 0 Å². The fourth-order valence-corrected chi connectivity index (χ4v) is 5.08. The van der Waals surface area contributed by atoms with E-state index in [0.717, 1.165) is 5.92 Å². The van der Waals surface area contributed by atoms with E-state index >= 15 is 0 Å². The highest BCUT2D eigenvalue weighted by Gasteiger charge is 2.41. The number of unbranched alkanes of at least 4 members (excludes halogenated alkanes) is 3. The van der Waals surface area contributed by atoms with Gasteiger partial charge in [0.25, 0.3) is 0 Å². The van der Waals surface area contributed by atoms with Crippen molar-refractivity contribution in [3.05, 3.63) is 5.69 Å². The minimum atomic E-state index is 0.672. The zero-order valence-corrected chi connectivity index (χ0v) is 13.3. The first kappa shape index (κ1) is 13.8. The molecule has 0 saturated carbocycles. The molecule has 0 N–H and O–H groups in total. The van der Waals surface area contributed by atoms with E-state index in [1.807, 2.05) is 11.8 Å². The van der Waals surface area contributed by atoms with Gasteiger partial charge in [0.15, 0.2) is 0 Å². The van der Waals surface area contributed by atoms with Gasteiger partial charge in [0.2, 0.25) is 0 Å². The van der Waals surface area contributed by atoms with Gasteiger partial charge < -0.3 is 4.90 Å². The highest BCUT2D eigenvalue weighted by atomic mass is 32.2. The summed E-state index contributed by atoms with van der Waals surface area (Å²) in [5.41, 5.74) is 1.32. The first-order valence-electron chi connectivity index (χ1n) is 7.56. The average Bonchev–Trinajstić information content (AvgIpc) is 3.14. The van der Waals surface area contributed by atoms with E-state index < -0.39 is 0 Å². The molecule has 2 unspecified atom stereocenters. The van der Waals surface area contributed by atoms with Crippen LogP contribution in [0.4, 0.5) is 0 Å². The lowest BCUT2D eigenvalue weighted by atomic mass is 9.90. The van der Waals surface area contributed by atoms with Crippen molar-refractivity contribution in [3.8, 4) is 0 Å². The maximum absolute atomic E-state index is 4.62. The fraction of sp³-hybridized carbons (Fsp3) is 0.857. The van der Waals surface area contributed by atoms with Gasteiger partial charge in [0.05, 0.1) is 17.4 Å². The van der Waals surface area contributed by atoms with Crippen LogP contribution in [0.3, 0.4) is 0 Å². The van der Waals surface area contributed by atoms with Gasteiger partial charge in [-0.15, -0.1) is 11.8 Å². The number of aromatic nitrogens is 2. The van der Waals surface area contributed by atoms with E-state index in [0.29, 0.717) is 5.92 Å². The molecule has 3 rings (SSSR count). The van der Waals surface area contributed by atoms with Crippen molar-refractivity contribution in [1.29, 1.82) is 0 Å². The molecule has 3 heterocycles. The largest absolute Gasteiger partial charge is 0.302 e. The second kappa shape index (κ2) is 6.55. The summed E-state index contributed by atoms with van der Waals surface area (Å²) in [6.07, 6.45) is 6.71. The third-order valence-electron chi connectivity index (χ3n) is 4.40. The van der Waals surface area contributed by atoms with E-state index in [9.17, 15) is 0 Å². The number of thioether (sulfide) groups is 1. The van der Waals surface area contributed by atoms with Gasteiger partial charge in [0.1, 0.15) is 5.03 Å². The second-order valence-electron chi connectivity index (χ2n) is 5.78. The van der Waals surface area contributed by atoms with Crippen LogP contribution in [0.15, 0.2) is 5.03 Å². The lowest BCUT2D eigenvalue weighted by Gasteiger charge is -2.20. The predicted octanol–water partition coefficient (Wildman–Crippen LogP) is 3.63. The number of hydrogen-bond donors (Lipinski definition) is 0. The molecule has 106 valence electrons. The normalized spacial score (nSPS) is 29.2. The van der Waals surface area contributed by atoms with Crippen molar-refractivity contribution in [3.63, 3.8) is 0 Å². The molecular formula is C14H23N3S2. The molecule has 2 aliphatic heterocycles. The number of fused-ring (bicyclic) bond motifs is 2. The van der Waals surface area contributed by atoms with Crippen LogP contribution in [0.1, 0.15) is 50.6 Å². The fourth-order valence-electron chi connectivity index (χ4n) is 3.31. The van der Waals surface area contributed by atoms with Crippen LogP contribution in [0.25, 0.3) is 0 Å². The molecule has 0 aromatic carbocycles. The monoisotopic (exact) mass is 297 g/mol. The first-order valence-corrected chi connectivity index (χ1v) is 9.27. The van der Waals surface area contributed by atoms with Gasteiger partial charge in [0, 0.05) is 19.0 Å². The lowest BCUT2D eigenvalue weighted by molar-refractivity contribution is 0.342. The standard InChI is InChI=1S/C14H23N3S2/c1-2-3-4-5-8-18-14-13(15-19-16-14)12-10-17-7-6-11(12)9-17/h11-12H,2-10H2,1H3/t11?,12-/m1/s1. The van der Waals surface area contributed by atoms with E-state index in [4.69, 9.17) is 0 Å². The number of nitrogens with zero attached hydrogens (tertiary/aromatic N) is 3. The molecule has 2 aliphatic rings. The molecule has 3 nitrogen and oxygen atoms in total. The minimum absolute atomic E-state index is 0.672. The quantitative estimate of drug-likeness (QED) is 0.568. The zero-order valence-electron chi connectivity index (χ0n) is 11.7. The molecule has 3 atom stereocenters. The molecule has 2 saturated heterocycles. The van der Waals surface area contributed by atoms with Crippen molar-refractivity contribution < 1.29 is 0 Å². The number of piperidine rings is 1. The zero-order chi connectivity index (χ0) is 13.1. The molecule has 0 amide bonds. The van der Waals surface area contributed by atoms with Crippen LogP contribution < -0.4 is 0 Å². The summed E-state index contributed by atoms with van der Waals surface area (Å²) in [6.45, 7) is 6.08. The summed E-state index contributed by atoms with van der Waals surface area (Å²) in [5.74, 6) is 2.73. The van der Waals surface area contributed by atoms with Gasteiger partial charge in [-0.1, -0.05) is 26.2 Å². The average molecular weight is 297 g/mol. The summed E-state index contributed by atoms with van der Waals surface area (Å²) in [5, 5.41) is 1.24. The van der Waals surface area contributed by atoms with Gasteiger partial charge in [-0.3, -0.25) is 0 Å². The minimum Gasteiger partial charge on any atom is -0.302 e. The van der Waals surface area contributed by atoms with Crippen LogP contribution in [0, 0.1) is 5.92 Å². The SMILES string of the molecule is CCCCCCSc1nsnc1[C@@H]1CN2CCC1C2. The summed E-state index contributed by atoms with van der Waals surface area (Å²) in [4.78, 5) is 2.59. The molecule has 2 bridgehead atoms. The molecular weight excluding hydrogens is 274 g/mol.